The zero-order chi connectivity index (χ0) is 15.0. The van der Waals surface area contributed by atoms with Gasteiger partial charge in [0, 0.05) is 34.0 Å². The molecule has 2 aliphatic rings. The van der Waals surface area contributed by atoms with Crippen molar-refractivity contribution in [2.24, 2.45) is 11.8 Å². The Bertz CT molecular complexity index is 336. The standard InChI is InChI=1S/C15H30N2OS2/c1-6-11-13(20-8-7-19-11)12(17-16)10-9-14(2,3)18-15(10,4)5/h10-13,17H,6-9,16H2,1-5H3. The molecular formula is C15H30N2OS2. The Labute approximate surface area is 132 Å². The van der Waals surface area contributed by atoms with Gasteiger partial charge in [0.15, 0.2) is 0 Å². The molecule has 0 aliphatic carbocycles. The minimum Gasteiger partial charge on any atom is -0.369 e. The van der Waals surface area contributed by atoms with Crippen LogP contribution >= 0.6 is 23.5 Å². The van der Waals surface area contributed by atoms with Crippen LogP contribution in [0.2, 0.25) is 0 Å². The Balaban J connectivity index is 2.18. The number of hydrogen-bond acceptors (Lipinski definition) is 5. The monoisotopic (exact) mass is 318 g/mol. The molecule has 0 saturated carbocycles. The SMILES string of the molecule is CCC1SCCSC1C(NN)C1CC(C)(C)OC1(C)C. The van der Waals surface area contributed by atoms with Crippen LogP contribution in [0.4, 0.5) is 0 Å². The van der Waals surface area contributed by atoms with E-state index in [0.717, 1.165) is 6.42 Å². The molecule has 3 N–H and O–H groups in total. The maximum atomic E-state index is 6.28. The maximum Gasteiger partial charge on any atom is 0.0678 e. The topological polar surface area (TPSA) is 47.3 Å². The van der Waals surface area contributed by atoms with Crippen molar-refractivity contribution >= 4 is 23.5 Å². The second kappa shape index (κ2) is 6.37. The zero-order valence-electron chi connectivity index (χ0n) is 13.4. The van der Waals surface area contributed by atoms with Crippen LogP contribution < -0.4 is 11.3 Å². The van der Waals surface area contributed by atoms with E-state index < -0.39 is 0 Å². The van der Waals surface area contributed by atoms with E-state index in [1.165, 1.54) is 17.9 Å². The highest BCUT2D eigenvalue weighted by atomic mass is 32.2. The van der Waals surface area contributed by atoms with Crippen LogP contribution in [0.5, 0.6) is 0 Å². The highest BCUT2D eigenvalue weighted by molar-refractivity contribution is 8.07. The lowest BCUT2D eigenvalue weighted by Crippen LogP contribution is -2.55. The molecule has 0 amide bonds. The van der Waals surface area contributed by atoms with Gasteiger partial charge >= 0.3 is 0 Å². The van der Waals surface area contributed by atoms with Crippen LogP contribution in [0, 0.1) is 5.92 Å². The van der Waals surface area contributed by atoms with Crippen LogP contribution in [0.1, 0.15) is 47.5 Å². The van der Waals surface area contributed by atoms with Crippen LogP contribution in [0.3, 0.4) is 0 Å². The molecule has 3 nitrogen and oxygen atoms in total. The molecule has 0 radical (unpaired) electrons. The summed E-state index contributed by atoms with van der Waals surface area (Å²) in [7, 11) is 0. The number of nitrogens with two attached hydrogens (primary N) is 1. The largest absolute Gasteiger partial charge is 0.369 e. The fraction of sp³-hybridized carbons (Fsp3) is 1.00. The number of hydrazine groups is 1. The van der Waals surface area contributed by atoms with E-state index in [-0.39, 0.29) is 11.2 Å². The van der Waals surface area contributed by atoms with Gasteiger partial charge in [-0.2, -0.15) is 23.5 Å². The van der Waals surface area contributed by atoms with E-state index >= 15 is 0 Å². The molecule has 0 aromatic carbocycles. The third kappa shape index (κ3) is 3.49. The molecule has 20 heavy (non-hydrogen) atoms. The summed E-state index contributed by atoms with van der Waals surface area (Å²) in [4.78, 5) is 0. The molecule has 4 unspecified atom stereocenters. The molecule has 2 heterocycles. The quantitative estimate of drug-likeness (QED) is 0.616. The number of rotatable bonds is 4. The summed E-state index contributed by atoms with van der Waals surface area (Å²) in [5, 5.41) is 1.29. The van der Waals surface area contributed by atoms with Crippen molar-refractivity contribution in [1.82, 2.24) is 5.43 Å². The molecule has 0 bridgehead atoms. The maximum absolute atomic E-state index is 6.28. The van der Waals surface area contributed by atoms with Gasteiger partial charge in [-0.15, -0.1) is 0 Å². The minimum atomic E-state index is -0.110. The molecule has 0 spiro atoms. The molecule has 0 aromatic heterocycles. The molecule has 118 valence electrons. The average Bonchev–Trinajstić information content (AvgIpc) is 2.59. The number of ether oxygens (including phenoxy) is 1. The van der Waals surface area contributed by atoms with E-state index in [9.17, 15) is 0 Å². The zero-order valence-corrected chi connectivity index (χ0v) is 15.1. The van der Waals surface area contributed by atoms with E-state index in [1.54, 1.807) is 0 Å². The normalized spacial score (nSPS) is 37.8. The van der Waals surface area contributed by atoms with Crippen LogP contribution in [0.15, 0.2) is 0 Å². The van der Waals surface area contributed by atoms with E-state index in [2.05, 4.69) is 63.6 Å². The van der Waals surface area contributed by atoms with Crippen molar-refractivity contribution in [3.8, 4) is 0 Å². The predicted octanol–water partition coefficient (Wildman–Crippen LogP) is 3.04. The minimum absolute atomic E-state index is 0.0442. The lowest BCUT2D eigenvalue weighted by atomic mass is 9.79. The second-order valence-corrected chi connectivity index (χ2v) is 9.75. The molecule has 4 atom stereocenters. The summed E-state index contributed by atoms with van der Waals surface area (Å²) < 4.78 is 6.28. The van der Waals surface area contributed by atoms with E-state index in [0.29, 0.717) is 22.5 Å². The smallest absolute Gasteiger partial charge is 0.0678 e. The summed E-state index contributed by atoms with van der Waals surface area (Å²) >= 11 is 4.21. The first-order chi connectivity index (χ1) is 9.30. The van der Waals surface area contributed by atoms with Crippen LogP contribution in [0.25, 0.3) is 0 Å². The highest BCUT2D eigenvalue weighted by Gasteiger charge is 2.51. The van der Waals surface area contributed by atoms with Gasteiger partial charge in [0.05, 0.1) is 11.2 Å². The summed E-state index contributed by atoms with van der Waals surface area (Å²) in [5.41, 5.74) is 3.00. The van der Waals surface area contributed by atoms with Crippen molar-refractivity contribution < 1.29 is 4.74 Å². The third-order valence-corrected chi connectivity index (χ3v) is 7.99. The molecule has 5 heteroatoms. The Kier molecular flexibility index (Phi) is 5.39. The number of nitrogens with one attached hydrogen (secondary N) is 1. The van der Waals surface area contributed by atoms with Gasteiger partial charge in [-0.1, -0.05) is 6.92 Å². The van der Waals surface area contributed by atoms with Gasteiger partial charge in [-0.3, -0.25) is 11.3 Å². The van der Waals surface area contributed by atoms with Crippen molar-refractivity contribution in [2.75, 3.05) is 11.5 Å². The molecule has 2 aliphatic heterocycles. The molecule has 2 fully saturated rings. The van der Waals surface area contributed by atoms with Gasteiger partial charge in [0.2, 0.25) is 0 Å². The van der Waals surface area contributed by atoms with Gasteiger partial charge in [-0.05, 0) is 40.5 Å². The van der Waals surface area contributed by atoms with Crippen molar-refractivity contribution in [2.45, 2.75) is 75.2 Å². The third-order valence-electron chi connectivity index (χ3n) is 4.62. The first-order valence-corrected chi connectivity index (χ1v) is 9.80. The van der Waals surface area contributed by atoms with Crippen molar-refractivity contribution in [3.63, 3.8) is 0 Å². The lowest BCUT2D eigenvalue weighted by Gasteiger charge is -2.41. The average molecular weight is 319 g/mol. The highest BCUT2D eigenvalue weighted by Crippen LogP contribution is 2.47. The van der Waals surface area contributed by atoms with Crippen LogP contribution in [-0.2, 0) is 4.74 Å². The fourth-order valence-electron chi connectivity index (χ4n) is 3.88. The van der Waals surface area contributed by atoms with E-state index in [1.807, 2.05) is 0 Å². The number of thioether (sulfide) groups is 2. The lowest BCUT2D eigenvalue weighted by molar-refractivity contribution is -0.0777. The summed E-state index contributed by atoms with van der Waals surface area (Å²) in [6, 6.07) is 0.328. The first kappa shape index (κ1) is 16.9. The van der Waals surface area contributed by atoms with Gasteiger partial charge in [0.1, 0.15) is 0 Å². The van der Waals surface area contributed by atoms with Crippen molar-refractivity contribution in [3.05, 3.63) is 0 Å². The Morgan fingerprint density at radius 3 is 2.40 bits per heavy atom. The molecule has 2 saturated heterocycles. The van der Waals surface area contributed by atoms with Gasteiger partial charge in [-0.25, -0.2) is 0 Å². The Morgan fingerprint density at radius 1 is 1.25 bits per heavy atom. The predicted molar refractivity (Wildman–Crippen MR) is 91.2 cm³/mol. The Hall–Kier alpha value is 0.580. The van der Waals surface area contributed by atoms with Gasteiger partial charge in [0.25, 0.3) is 0 Å². The molecule has 2 rings (SSSR count). The van der Waals surface area contributed by atoms with Crippen LogP contribution in [-0.4, -0.2) is 39.2 Å². The summed E-state index contributed by atoms with van der Waals surface area (Å²) in [6.07, 6.45) is 2.30. The molecule has 0 aromatic rings. The number of hydrogen-bond donors (Lipinski definition) is 2. The van der Waals surface area contributed by atoms with Crippen molar-refractivity contribution in [1.29, 1.82) is 0 Å². The summed E-state index contributed by atoms with van der Waals surface area (Å²) in [6.45, 7) is 11.1. The summed E-state index contributed by atoms with van der Waals surface area (Å²) in [5.74, 6) is 8.96. The Morgan fingerprint density at radius 2 is 1.90 bits per heavy atom. The first-order valence-electron chi connectivity index (χ1n) is 7.70. The van der Waals surface area contributed by atoms with E-state index in [4.69, 9.17) is 10.6 Å². The second-order valence-electron chi connectivity index (χ2n) is 7.12. The van der Waals surface area contributed by atoms with Gasteiger partial charge < -0.3 is 4.74 Å². The molecular weight excluding hydrogens is 288 g/mol. The fourth-order valence-corrected chi connectivity index (χ4v) is 7.17.